The SMILES string of the molecule is CC(Nc1cccc(C(F)(F)F)c1)c1csc(Cl)c1. The summed E-state index contributed by atoms with van der Waals surface area (Å²) in [6, 6.07) is 6.85. The van der Waals surface area contributed by atoms with Crippen molar-refractivity contribution in [1.82, 2.24) is 0 Å². The Bertz CT molecular complexity index is 565. The lowest BCUT2D eigenvalue weighted by molar-refractivity contribution is -0.137. The van der Waals surface area contributed by atoms with Gasteiger partial charge in [0.1, 0.15) is 0 Å². The Hall–Kier alpha value is -1.20. The van der Waals surface area contributed by atoms with E-state index in [1.807, 2.05) is 12.3 Å². The van der Waals surface area contributed by atoms with Gasteiger partial charge in [0, 0.05) is 11.7 Å². The highest BCUT2D eigenvalue weighted by molar-refractivity contribution is 7.14. The van der Waals surface area contributed by atoms with Crippen molar-refractivity contribution in [2.75, 3.05) is 5.32 Å². The molecule has 0 saturated carbocycles. The minimum Gasteiger partial charge on any atom is -0.378 e. The van der Waals surface area contributed by atoms with Gasteiger partial charge in [-0.25, -0.2) is 0 Å². The van der Waals surface area contributed by atoms with Crippen molar-refractivity contribution >= 4 is 28.6 Å². The van der Waals surface area contributed by atoms with Crippen LogP contribution in [0.1, 0.15) is 24.1 Å². The van der Waals surface area contributed by atoms with Crippen LogP contribution in [-0.4, -0.2) is 0 Å². The third-order valence-electron chi connectivity index (χ3n) is 2.66. The fourth-order valence-corrected chi connectivity index (χ4v) is 2.65. The van der Waals surface area contributed by atoms with Crippen LogP contribution in [0.25, 0.3) is 0 Å². The van der Waals surface area contributed by atoms with Gasteiger partial charge < -0.3 is 5.32 Å². The minimum atomic E-state index is -4.33. The normalized spacial score (nSPS) is 13.3. The van der Waals surface area contributed by atoms with Crippen LogP contribution in [-0.2, 0) is 6.18 Å². The predicted molar refractivity (Wildman–Crippen MR) is 72.8 cm³/mol. The fraction of sp³-hybridized carbons (Fsp3) is 0.231. The van der Waals surface area contributed by atoms with Crippen LogP contribution in [0, 0.1) is 0 Å². The molecule has 1 heterocycles. The second kappa shape index (κ2) is 5.43. The summed E-state index contributed by atoms with van der Waals surface area (Å²) in [7, 11) is 0. The van der Waals surface area contributed by atoms with Crippen LogP contribution in [0.15, 0.2) is 35.7 Å². The molecule has 1 nitrogen and oxygen atoms in total. The van der Waals surface area contributed by atoms with E-state index in [4.69, 9.17) is 11.6 Å². The first-order chi connectivity index (χ1) is 8.86. The number of alkyl halides is 3. The van der Waals surface area contributed by atoms with Crippen molar-refractivity contribution < 1.29 is 13.2 Å². The van der Waals surface area contributed by atoms with Crippen molar-refractivity contribution in [3.63, 3.8) is 0 Å². The summed E-state index contributed by atoms with van der Waals surface area (Å²) in [4.78, 5) is 0. The lowest BCUT2D eigenvalue weighted by Gasteiger charge is -2.15. The molecule has 1 N–H and O–H groups in total. The van der Waals surface area contributed by atoms with Gasteiger partial charge >= 0.3 is 6.18 Å². The molecule has 1 aromatic carbocycles. The van der Waals surface area contributed by atoms with Gasteiger partial charge in [0.2, 0.25) is 0 Å². The molecule has 0 saturated heterocycles. The molecule has 0 radical (unpaired) electrons. The second-order valence-corrected chi connectivity index (χ2v) is 5.67. The highest BCUT2D eigenvalue weighted by Gasteiger charge is 2.30. The number of anilines is 1. The molecule has 0 fully saturated rings. The summed E-state index contributed by atoms with van der Waals surface area (Å²) >= 11 is 7.23. The maximum absolute atomic E-state index is 12.6. The van der Waals surface area contributed by atoms with Gasteiger partial charge in [-0.1, -0.05) is 17.7 Å². The lowest BCUT2D eigenvalue weighted by atomic mass is 10.1. The van der Waals surface area contributed by atoms with E-state index < -0.39 is 11.7 Å². The van der Waals surface area contributed by atoms with Gasteiger partial charge in [-0.05, 0) is 42.1 Å². The summed E-state index contributed by atoms with van der Waals surface area (Å²) in [6.45, 7) is 1.87. The Morgan fingerprint density at radius 1 is 1.26 bits per heavy atom. The van der Waals surface area contributed by atoms with Gasteiger partial charge in [-0.15, -0.1) is 11.3 Å². The number of rotatable bonds is 3. The van der Waals surface area contributed by atoms with Crippen LogP contribution in [0.2, 0.25) is 4.34 Å². The summed E-state index contributed by atoms with van der Waals surface area (Å²) in [5.41, 5.74) is 0.727. The van der Waals surface area contributed by atoms with Gasteiger partial charge in [-0.3, -0.25) is 0 Å². The third-order valence-corrected chi connectivity index (χ3v) is 3.77. The van der Waals surface area contributed by atoms with Gasteiger partial charge in [0.05, 0.1) is 9.90 Å². The number of hydrogen-bond donors (Lipinski definition) is 1. The molecule has 102 valence electrons. The maximum Gasteiger partial charge on any atom is 0.416 e. The van der Waals surface area contributed by atoms with Crippen LogP contribution in [0.5, 0.6) is 0 Å². The van der Waals surface area contributed by atoms with E-state index in [9.17, 15) is 13.2 Å². The molecule has 0 aliphatic carbocycles. The first kappa shape index (κ1) is 14.2. The highest BCUT2D eigenvalue weighted by Crippen LogP contribution is 2.32. The molecule has 0 amide bonds. The first-order valence-corrected chi connectivity index (χ1v) is 6.80. The molecule has 2 aromatic rings. The van der Waals surface area contributed by atoms with Crippen LogP contribution < -0.4 is 5.32 Å². The van der Waals surface area contributed by atoms with Crippen molar-refractivity contribution in [2.24, 2.45) is 0 Å². The van der Waals surface area contributed by atoms with E-state index in [1.54, 1.807) is 12.1 Å². The molecule has 2 rings (SSSR count). The van der Waals surface area contributed by atoms with Crippen LogP contribution in [0.4, 0.5) is 18.9 Å². The quantitative estimate of drug-likeness (QED) is 0.779. The van der Waals surface area contributed by atoms with Gasteiger partial charge in [0.15, 0.2) is 0 Å². The molecule has 0 aliphatic heterocycles. The van der Waals surface area contributed by atoms with E-state index in [0.29, 0.717) is 10.0 Å². The summed E-state index contributed by atoms with van der Waals surface area (Å²) < 4.78 is 38.4. The number of halogens is 4. The zero-order chi connectivity index (χ0) is 14.0. The Balaban J connectivity index is 2.15. The molecular formula is C13H11ClF3NS. The lowest BCUT2D eigenvalue weighted by Crippen LogP contribution is -2.08. The molecular weight excluding hydrogens is 295 g/mol. The molecule has 1 aromatic heterocycles. The number of hydrogen-bond acceptors (Lipinski definition) is 2. The summed E-state index contributed by atoms with van der Waals surface area (Å²) in [5, 5.41) is 4.91. The largest absolute Gasteiger partial charge is 0.416 e. The van der Waals surface area contributed by atoms with E-state index >= 15 is 0 Å². The van der Waals surface area contributed by atoms with Gasteiger partial charge in [0.25, 0.3) is 0 Å². The molecule has 1 unspecified atom stereocenters. The average molecular weight is 306 g/mol. The third kappa shape index (κ3) is 3.64. The predicted octanol–water partition coefficient (Wildman–Crippen LogP) is 5.59. The minimum absolute atomic E-state index is 0.104. The fourth-order valence-electron chi connectivity index (χ4n) is 1.67. The maximum atomic E-state index is 12.6. The van der Waals surface area contributed by atoms with Crippen molar-refractivity contribution in [2.45, 2.75) is 19.1 Å². The summed E-state index contributed by atoms with van der Waals surface area (Å²) in [6.07, 6.45) is -4.33. The van der Waals surface area contributed by atoms with Crippen LogP contribution >= 0.6 is 22.9 Å². The zero-order valence-electron chi connectivity index (χ0n) is 9.96. The first-order valence-electron chi connectivity index (χ1n) is 5.54. The second-order valence-electron chi connectivity index (χ2n) is 4.13. The van der Waals surface area contributed by atoms with Crippen molar-refractivity contribution in [3.8, 4) is 0 Å². The zero-order valence-corrected chi connectivity index (χ0v) is 11.5. The molecule has 0 bridgehead atoms. The average Bonchev–Trinajstić information content (AvgIpc) is 2.75. The molecule has 19 heavy (non-hydrogen) atoms. The topological polar surface area (TPSA) is 12.0 Å². The Morgan fingerprint density at radius 2 is 2.00 bits per heavy atom. The number of benzene rings is 1. The Kier molecular flexibility index (Phi) is 4.06. The van der Waals surface area contributed by atoms with E-state index in [0.717, 1.165) is 17.7 Å². The number of thiophene rings is 1. The van der Waals surface area contributed by atoms with E-state index in [-0.39, 0.29) is 6.04 Å². The molecule has 1 atom stereocenters. The van der Waals surface area contributed by atoms with Crippen molar-refractivity contribution in [1.29, 1.82) is 0 Å². The Labute approximate surface area is 118 Å². The van der Waals surface area contributed by atoms with Crippen molar-refractivity contribution in [3.05, 3.63) is 51.2 Å². The molecule has 0 spiro atoms. The Morgan fingerprint density at radius 3 is 2.58 bits per heavy atom. The molecule has 6 heteroatoms. The van der Waals surface area contributed by atoms with E-state index in [1.165, 1.54) is 17.4 Å². The smallest absolute Gasteiger partial charge is 0.378 e. The van der Waals surface area contributed by atoms with E-state index in [2.05, 4.69) is 5.32 Å². The van der Waals surface area contributed by atoms with Gasteiger partial charge in [-0.2, -0.15) is 13.2 Å². The van der Waals surface area contributed by atoms with Crippen LogP contribution in [0.3, 0.4) is 0 Å². The summed E-state index contributed by atoms with van der Waals surface area (Å²) in [5.74, 6) is 0. The molecule has 0 aliphatic rings. The monoisotopic (exact) mass is 305 g/mol. The highest BCUT2D eigenvalue weighted by atomic mass is 35.5. The standard InChI is InChI=1S/C13H11ClF3NS/c1-8(9-5-12(14)19-7-9)18-11-4-2-3-10(6-11)13(15,16)17/h2-8,18H,1H3. The number of nitrogens with one attached hydrogen (secondary N) is 1.